The van der Waals surface area contributed by atoms with Gasteiger partial charge in [0.2, 0.25) is 0 Å². The van der Waals surface area contributed by atoms with Crippen LogP contribution in [0.4, 0.5) is 4.39 Å². The lowest BCUT2D eigenvalue weighted by Crippen LogP contribution is -2.23. The van der Waals surface area contributed by atoms with Crippen LogP contribution < -0.4 is 5.32 Å². The minimum absolute atomic E-state index is 0.0196. The van der Waals surface area contributed by atoms with Crippen molar-refractivity contribution in [3.63, 3.8) is 0 Å². The first-order valence-corrected chi connectivity index (χ1v) is 6.51. The van der Waals surface area contributed by atoms with E-state index in [0.29, 0.717) is 10.0 Å². The summed E-state index contributed by atoms with van der Waals surface area (Å²) in [6, 6.07) is 8.16. The summed E-state index contributed by atoms with van der Waals surface area (Å²) in [6.07, 6.45) is 0. The Kier molecular flexibility index (Phi) is 4.24. The molecule has 0 aromatic heterocycles. The predicted octanol–water partition coefficient (Wildman–Crippen LogP) is 2.93. The number of hydrogen-bond acceptors (Lipinski definition) is 3. The predicted molar refractivity (Wildman–Crippen MR) is 75.0 cm³/mol. The molecule has 1 amide bonds. The number of carbonyl (C=O) groups excluding carboxylic acids is 1. The summed E-state index contributed by atoms with van der Waals surface area (Å²) < 4.78 is 14.2. The maximum Gasteiger partial charge on any atom is 0.251 e. The van der Waals surface area contributed by atoms with Crippen molar-refractivity contribution < 1.29 is 19.4 Å². The maximum absolute atomic E-state index is 13.5. The third-order valence-corrected chi connectivity index (χ3v) is 3.18. The average molecular weight is 340 g/mol. The van der Waals surface area contributed by atoms with Gasteiger partial charge >= 0.3 is 0 Å². The second-order valence-corrected chi connectivity index (χ2v) is 5.04. The highest BCUT2D eigenvalue weighted by Crippen LogP contribution is 2.24. The smallest absolute Gasteiger partial charge is 0.251 e. The SMILES string of the molecule is O=C(NCc1cc(Br)ccc1F)c1ccc(O)c(O)c1. The van der Waals surface area contributed by atoms with Gasteiger partial charge in [0.05, 0.1) is 0 Å². The van der Waals surface area contributed by atoms with E-state index in [1.54, 1.807) is 12.1 Å². The molecule has 0 heterocycles. The lowest BCUT2D eigenvalue weighted by atomic mass is 10.1. The molecule has 6 heteroatoms. The Morgan fingerprint density at radius 2 is 1.90 bits per heavy atom. The fourth-order valence-electron chi connectivity index (χ4n) is 1.62. The number of phenols is 2. The third kappa shape index (κ3) is 3.27. The molecule has 2 aromatic carbocycles. The van der Waals surface area contributed by atoms with Gasteiger partial charge in [0.1, 0.15) is 5.82 Å². The molecule has 0 saturated heterocycles. The van der Waals surface area contributed by atoms with E-state index in [9.17, 15) is 14.3 Å². The highest BCUT2D eigenvalue weighted by atomic mass is 79.9. The van der Waals surface area contributed by atoms with Crippen molar-refractivity contribution >= 4 is 21.8 Å². The monoisotopic (exact) mass is 339 g/mol. The van der Waals surface area contributed by atoms with E-state index in [0.717, 1.165) is 6.07 Å². The number of phenolic OH excluding ortho intramolecular Hbond substituents is 2. The van der Waals surface area contributed by atoms with Gasteiger partial charge in [0, 0.05) is 22.1 Å². The summed E-state index contributed by atoms with van der Waals surface area (Å²) >= 11 is 3.23. The van der Waals surface area contributed by atoms with E-state index in [-0.39, 0.29) is 23.6 Å². The summed E-state index contributed by atoms with van der Waals surface area (Å²) in [5.74, 6) is -1.58. The molecule has 3 N–H and O–H groups in total. The van der Waals surface area contributed by atoms with Gasteiger partial charge < -0.3 is 15.5 Å². The summed E-state index contributed by atoms with van der Waals surface area (Å²) in [4.78, 5) is 11.8. The van der Waals surface area contributed by atoms with Gasteiger partial charge in [-0.1, -0.05) is 15.9 Å². The normalized spacial score (nSPS) is 10.3. The number of nitrogens with one attached hydrogen (secondary N) is 1. The zero-order chi connectivity index (χ0) is 14.7. The number of aromatic hydroxyl groups is 2. The van der Waals surface area contributed by atoms with Crippen molar-refractivity contribution in [2.75, 3.05) is 0 Å². The molecule has 0 aliphatic carbocycles. The molecule has 0 aliphatic heterocycles. The van der Waals surface area contributed by atoms with Crippen LogP contribution in [0.2, 0.25) is 0 Å². The Bertz CT molecular complexity index is 661. The fraction of sp³-hybridized carbons (Fsp3) is 0.0714. The second kappa shape index (κ2) is 5.92. The van der Waals surface area contributed by atoms with Crippen molar-refractivity contribution in [1.82, 2.24) is 5.32 Å². The molecule has 0 spiro atoms. The number of hydrogen-bond donors (Lipinski definition) is 3. The minimum Gasteiger partial charge on any atom is -0.504 e. The molecule has 0 saturated carbocycles. The number of benzene rings is 2. The van der Waals surface area contributed by atoms with Gasteiger partial charge in [-0.05, 0) is 36.4 Å². The number of carbonyl (C=O) groups is 1. The Morgan fingerprint density at radius 1 is 1.15 bits per heavy atom. The molecule has 0 unspecified atom stereocenters. The van der Waals surface area contributed by atoms with Gasteiger partial charge in [-0.3, -0.25) is 4.79 Å². The Labute approximate surface area is 123 Å². The lowest BCUT2D eigenvalue weighted by molar-refractivity contribution is 0.0950. The molecule has 0 aliphatic rings. The first-order valence-electron chi connectivity index (χ1n) is 5.71. The van der Waals surface area contributed by atoms with Crippen LogP contribution in [0.15, 0.2) is 40.9 Å². The van der Waals surface area contributed by atoms with E-state index in [1.807, 2.05) is 0 Å². The molecule has 104 valence electrons. The van der Waals surface area contributed by atoms with Crippen LogP contribution in [0.1, 0.15) is 15.9 Å². The van der Waals surface area contributed by atoms with Crippen LogP contribution in [0, 0.1) is 5.82 Å². The van der Waals surface area contributed by atoms with Crippen LogP contribution in [0.3, 0.4) is 0 Å². The average Bonchev–Trinajstić information content (AvgIpc) is 2.42. The van der Waals surface area contributed by atoms with Crippen molar-refractivity contribution in [2.24, 2.45) is 0 Å². The Hall–Kier alpha value is -2.08. The molecule has 0 bridgehead atoms. The topological polar surface area (TPSA) is 69.6 Å². The standard InChI is InChI=1S/C14H11BrFNO3/c15-10-2-3-11(16)9(5-10)7-17-14(20)8-1-4-12(18)13(19)6-8/h1-6,18-19H,7H2,(H,17,20). The Morgan fingerprint density at radius 3 is 2.60 bits per heavy atom. The summed E-state index contributed by atoms with van der Waals surface area (Å²) in [5, 5.41) is 21.0. The van der Waals surface area contributed by atoms with Crippen LogP contribution in [0.5, 0.6) is 11.5 Å². The van der Waals surface area contributed by atoms with Gasteiger partial charge in [-0.2, -0.15) is 0 Å². The lowest BCUT2D eigenvalue weighted by Gasteiger charge is -2.07. The summed E-state index contributed by atoms with van der Waals surface area (Å²) in [5.41, 5.74) is 0.520. The first-order chi connectivity index (χ1) is 9.47. The fourth-order valence-corrected chi connectivity index (χ4v) is 2.03. The van der Waals surface area contributed by atoms with E-state index < -0.39 is 11.7 Å². The molecule has 2 aromatic rings. The molecule has 0 atom stereocenters. The number of amides is 1. The highest BCUT2D eigenvalue weighted by Gasteiger charge is 2.10. The van der Waals surface area contributed by atoms with Gasteiger partial charge in [-0.15, -0.1) is 0 Å². The van der Waals surface area contributed by atoms with Gasteiger partial charge in [-0.25, -0.2) is 4.39 Å². The van der Waals surface area contributed by atoms with E-state index >= 15 is 0 Å². The summed E-state index contributed by atoms with van der Waals surface area (Å²) in [6.45, 7) is 0.0196. The largest absolute Gasteiger partial charge is 0.504 e. The molecular weight excluding hydrogens is 329 g/mol. The molecular formula is C14H11BrFNO3. The first kappa shape index (κ1) is 14.3. The zero-order valence-corrected chi connectivity index (χ0v) is 11.8. The van der Waals surface area contributed by atoms with Gasteiger partial charge in [0.25, 0.3) is 5.91 Å². The van der Waals surface area contributed by atoms with Crippen LogP contribution in [-0.4, -0.2) is 16.1 Å². The van der Waals surface area contributed by atoms with Crippen molar-refractivity contribution in [3.8, 4) is 11.5 Å². The molecule has 0 fully saturated rings. The third-order valence-electron chi connectivity index (χ3n) is 2.68. The maximum atomic E-state index is 13.5. The van der Waals surface area contributed by atoms with Crippen molar-refractivity contribution in [3.05, 3.63) is 57.8 Å². The van der Waals surface area contributed by atoms with Crippen molar-refractivity contribution in [1.29, 1.82) is 0 Å². The van der Waals surface area contributed by atoms with Gasteiger partial charge in [0.15, 0.2) is 11.5 Å². The van der Waals surface area contributed by atoms with Crippen molar-refractivity contribution in [2.45, 2.75) is 6.54 Å². The summed E-state index contributed by atoms with van der Waals surface area (Å²) in [7, 11) is 0. The minimum atomic E-state index is -0.473. The van der Waals surface area contributed by atoms with E-state index in [4.69, 9.17) is 5.11 Å². The van der Waals surface area contributed by atoms with E-state index in [2.05, 4.69) is 21.2 Å². The molecule has 2 rings (SSSR count). The second-order valence-electron chi connectivity index (χ2n) is 4.12. The quantitative estimate of drug-likeness (QED) is 0.753. The molecule has 4 nitrogen and oxygen atoms in total. The number of halogens is 2. The highest BCUT2D eigenvalue weighted by molar-refractivity contribution is 9.10. The Balaban J connectivity index is 2.08. The van der Waals surface area contributed by atoms with Crippen LogP contribution in [-0.2, 0) is 6.54 Å². The molecule has 0 radical (unpaired) electrons. The van der Waals surface area contributed by atoms with E-state index in [1.165, 1.54) is 18.2 Å². The zero-order valence-electron chi connectivity index (χ0n) is 10.2. The number of rotatable bonds is 3. The van der Waals surface area contributed by atoms with Crippen LogP contribution >= 0.6 is 15.9 Å². The molecule has 20 heavy (non-hydrogen) atoms. The van der Waals surface area contributed by atoms with Crippen LogP contribution in [0.25, 0.3) is 0 Å².